The maximum atomic E-state index is 14.4. The molecule has 11 nitrogen and oxygen atoms in total. The largest absolute Gasteiger partial charge is 0.465 e. The molecule has 3 aromatic carbocycles. The molecule has 1 atom stereocenters. The topological polar surface area (TPSA) is 137 Å². The third-order valence-electron chi connectivity index (χ3n) is 8.42. The van der Waals surface area contributed by atoms with Gasteiger partial charge in [-0.3, -0.25) is 0 Å². The molecule has 0 saturated heterocycles. The van der Waals surface area contributed by atoms with Gasteiger partial charge >= 0.3 is 12.1 Å². The predicted octanol–water partition coefficient (Wildman–Crippen LogP) is 7.69. The van der Waals surface area contributed by atoms with Crippen LogP contribution in [0.4, 0.5) is 10.7 Å². The van der Waals surface area contributed by atoms with E-state index in [0.717, 1.165) is 32.1 Å². The number of hydrogen-bond donors (Lipinski definition) is 1. The highest BCUT2D eigenvalue weighted by atomic mass is 32.2. The number of amides is 1. The number of alkyl carbamates (subject to hydrolysis) is 1. The van der Waals surface area contributed by atoms with E-state index in [-0.39, 0.29) is 28.4 Å². The first-order valence-electron chi connectivity index (χ1n) is 17.1. The van der Waals surface area contributed by atoms with Crippen LogP contribution in [0.2, 0.25) is 0 Å². The van der Waals surface area contributed by atoms with Gasteiger partial charge in [0.05, 0.1) is 29.0 Å². The Morgan fingerprint density at radius 3 is 2.08 bits per heavy atom. The Morgan fingerprint density at radius 2 is 1.50 bits per heavy atom. The number of esters is 1. The molecule has 1 aromatic heterocycles. The van der Waals surface area contributed by atoms with Gasteiger partial charge in [0.25, 0.3) is 10.0 Å². The fourth-order valence-corrected chi connectivity index (χ4v) is 7.13. The lowest BCUT2D eigenvalue weighted by atomic mass is 9.84. The highest BCUT2D eigenvalue weighted by Crippen LogP contribution is 2.35. The summed E-state index contributed by atoms with van der Waals surface area (Å²) in [4.78, 5) is 34.6. The third kappa shape index (κ3) is 9.74. The summed E-state index contributed by atoms with van der Waals surface area (Å²) in [5.41, 5.74) is 5.18. The molecule has 4 aromatic rings. The molecular weight excluding hydrogens is 681 g/mol. The van der Waals surface area contributed by atoms with Crippen LogP contribution in [0, 0.1) is 13.8 Å². The van der Waals surface area contributed by atoms with E-state index in [0.29, 0.717) is 17.8 Å². The van der Waals surface area contributed by atoms with Gasteiger partial charge in [0, 0.05) is 25.1 Å². The lowest BCUT2D eigenvalue weighted by Crippen LogP contribution is -2.35. The van der Waals surface area contributed by atoms with E-state index >= 15 is 0 Å². The first-order valence-corrected chi connectivity index (χ1v) is 18.5. The molecule has 278 valence electrons. The molecule has 0 spiro atoms. The molecule has 4 rings (SSSR count). The standard InChI is InChI=1S/C40H50N4O7S/c1-26-13-11-14-27(2)35(26)34-24-33(32(21-22-41-38(46)51-40(6,7)8)28-17-19-30(20-18-28)39(3,4)5)42-37(43-34)44(25-49-9)52(47,48)31-16-12-15-29(23-31)36(45)50-10/h11-20,23-24,32H,21-22,25H2,1-10H3,(H,41,46). The average molecular weight is 731 g/mol. The molecule has 1 unspecified atom stereocenters. The van der Waals surface area contributed by atoms with Gasteiger partial charge in [0.15, 0.2) is 0 Å². The molecule has 0 radical (unpaired) electrons. The molecule has 52 heavy (non-hydrogen) atoms. The minimum absolute atomic E-state index is 0.0723. The van der Waals surface area contributed by atoms with Crippen molar-refractivity contribution in [1.82, 2.24) is 15.3 Å². The van der Waals surface area contributed by atoms with Crippen molar-refractivity contribution in [1.29, 1.82) is 0 Å². The van der Waals surface area contributed by atoms with Gasteiger partial charge < -0.3 is 19.5 Å². The number of aromatic nitrogens is 2. The van der Waals surface area contributed by atoms with E-state index in [2.05, 4.69) is 38.2 Å². The van der Waals surface area contributed by atoms with Gasteiger partial charge in [-0.25, -0.2) is 32.3 Å². The van der Waals surface area contributed by atoms with E-state index < -0.39 is 40.3 Å². The number of aryl methyl sites for hydroxylation is 2. The van der Waals surface area contributed by atoms with E-state index in [1.807, 2.05) is 50.2 Å². The zero-order chi connectivity index (χ0) is 38.4. The van der Waals surface area contributed by atoms with E-state index in [1.54, 1.807) is 20.8 Å². The second kappa shape index (κ2) is 16.2. The van der Waals surface area contributed by atoms with Crippen LogP contribution in [0.25, 0.3) is 11.3 Å². The van der Waals surface area contributed by atoms with Crippen molar-refractivity contribution in [3.63, 3.8) is 0 Å². The van der Waals surface area contributed by atoms with E-state index in [4.69, 9.17) is 24.2 Å². The van der Waals surface area contributed by atoms with E-state index in [9.17, 15) is 18.0 Å². The predicted molar refractivity (Wildman–Crippen MR) is 202 cm³/mol. The lowest BCUT2D eigenvalue weighted by molar-refractivity contribution is 0.0525. The lowest BCUT2D eigenvalue weighted by Gasteiger charge is -2.26. The number of sulfonamides is 1. The Bertz CT molecular complexity index is 1980. The Hall–Kier alpha value is -4.81. The molecule has 12 heteroatoms. The van der Waals surface area contributed by atoms with Crippen molar-refractivity contribution in [3.05, 3.63) is 106 Å². The average Bonchev–Trinajstić information content (AvgIpc) is 3.07. The number of rotatable bonds is 12. The number of benzene rings is 3. The Balaban J connectivity index is 1.94. The second-order valence-electron chi connectivity index (χ2n) is 14.7. The Kier molecular flexibility index (Phi) is 12.5. The molecule has 0 aliphatic rings. The number of hydrogen-bond acceptors (Lipinski definition) is 9. The van der Waals surface area contributed by atoms with Gasteiger partial charge in [-0.2, -0.15) is 0 Å². The summed E-state index contributed by atoms with van der Waals surface area (Å²) in [5.74, 6) is -1.19. The van der Waals surface area contributed by atoms with Crippen LogP contribution in [0.15, 0.2) is 77.7 Å². The van der Waals surface area contributed by atoms with Crippen molar-refractivity contribution in [2.24, 2.45) is 0 Å². The Morgan fingerprint density at radius 1 is 0.865 bits per heavy atom. The Labute approximate surface area is 307 Å². The minimum Gasteiger partial charge on any atom is -0.465 e. The monoisotopic (exact) mass is 730 g/mol. The highest BCUT2D eigenvalue weighted by Gasteiger charge is 2.31. The summed E-state index contributed by atoms with van der Waals surface area (Å²) in [7, 11) is -1.76. The van der Waals surface area contributed by atoms with Crippen molar-refractivity contribution in [2.45, 2.75) is 83.6 Å². The van der Waals surface area contributed by atoms with Gasteiger partial charge in [0.2, 0.25) is 5.95 Å². The van der Waals surface area contributed by atoms with Crippen LogP contribution in [0.3, 0.4) is 0 Å². The number of nitrogens with zero attached hydrogens (tertiary/aromatic N) is 3. The first kappa shape index (κ1) is 40.0. The van der Waals surface area contributed by atoms with Gasteiger partial charge in [-0.05, 0) is 93.0 Å². The van der Waals surface area contributed by atoms with Crippen LogP contribution in [0.5, 0.6) is 0 Å². The smallest absolute Gasteiger partial charge is 0.407 e. The molecule has 1 heterocycles. The molecule has 0 fully saturated rings. The molecule has 1 N–H and O–H groups in total. The summed E-state index contributed by atoms with van der Waals surface area (Å²) in [6.07, 6.45) is -0.130. The minimum atomic E-state index is -4.37. The number of anilines is 1. The normalized spacial score (nSPS) is 12.6. The van der Waals surface area contributed by atoms with Crippen molar-refractivity contribution >= 4 is 28.0 Å². The fourth-order valence-electron chi connectivity index (χ4n) is 5.80. The maximum Gasteiger partial charge on any atom is 0.407 e. The van der Waals surface area contributed by atoms with Crippen LogP contribution in [-0.2, 0) is 29.6 Å². The molecule has 0 bridgehead atoms. The molecule has 0 saturated carbocycles. The van der Waals surface area contributed by atoms with Gasteiger partial charge in [0.1, 0.15) is 12.3 Å². The third-order valence-corrected chi connectivity index (χ3v) is 10.1. The zero-order valence-electron chi connectivity index (χ0n) is 31.7. The molecule has 0 aliphatic heterocycles. The zero-order valence-corrected chi connectivity index (χ0v) is 32.6. The summed E-state index contributed by atoms with van der Waals surface area (Å²) in [6, 6.07) is 21.6. The number of methoxy groups -OCH3 is 2. The maximum absolute atomic E-state index is 14.4. The van der Waals surface area contributed by atoms with Crippen molar-refractivity contribution in [2.75, 3.05) is 31.8 Å². The number of carbonyl (C=O) groups excluding carboxylic acids is 2. The second-order valence-corrected chi connectivity index (χ2v) is 16.5. The molecule has 1 amide bonds. The van der Waals surface area contributed by atoms with Crippen LogP contribution in [-0.4, -0.2) is 63.5 Å². The highest BCUT2D eigenvalue weighted by molar-refractivity contribution is 7.92. The number of ether oxygens (including phenoxy) is 3. The number of carbonyl (C=O) groups is 2. The van der Waals surface area contributed by atoms with Crippen LogP contribution < -0.4 is 9.62 Å². The summed E-state index contributed by atoms with van der Waals surface area (Å²) < 4.78 is 45.5. The van der Waals surface area contributed by atoms with Crippen LogP contribution in [0.1, 0.15) is 92.2 Å². The van der Waals surface area contributed by atoms with E-state index in [1.165, 1.54) is 38.5 Å². The quantitative estimate of drug-likeness (QED) is 0.115. The fraction of sp³-hybridized carbons (Fsp3) is 0.400. The SMILES string of the molecule is COCN(c1nc(-c2c(C)cccc2C)cc(C(CCNC(=O)OC(C)(C)C)c2ccc(C(C)(C)C)cc2)n1)S(=O)(=O)c1cccc(C(=O)OC)c1. The molecule has 0 aliphatic carbocycles. The number of nitrogens with one attached hydrogen (secondary N) is 1. The summed E-state index contributed by atoms with van der Waals surface area (Å²) in [5, 5.41) is 2.86. The molecular formula is C40H50N4O7S. The van der Waals surface area contributed by atoms with Crippen molar-refractivity contribution in [3.8, 4) is 11.3 Å². The van der Waals surface area contributed by atoms with Gasteiger partial charge in [-0.1, -0.05) is 69.3 Å². The summed E-state index contributed by atoms with van der Waals surface area (Å²) in [6.45, 7) is 15.6. The van der Waals surface area contributed by atoms with Crippen LogP contribution >= 0.6 is 0 Å². The van der Waals surface area contributed by atoms with Gasteiger partial charge in [-0.15, -0.1) is 0 Å². The summed E-state index contributed by atoms with van der Waals surface area (Å²) >= 11 is 0. The van der Waals surface area contributed by atoms with Crippen molar-refractivity contribution < 1.29 is 32.2 Å². The first-order chi connectivity index (χ1) is 24.3.